The van der Waals surface area contributed by atoms with Crippen molar-refractivity contribution in [1.82, 2.24) is 5.06 Å². The predicted octanol–water partition coefficient (Wildman–Crippen LogP) is 3.32. The first-order chi connectivity index (χ1) is 10.1. The molecule has 0 saturated heterocycles. The number of hydroxylamine groups is 2. The summed E-state index contributed by atoms with van der Waals surface area (Å²) in [7, 11) is 2.86. The van der Waals surface area contributed by atoms with Gasteiger partial charge in [0.25, 0.3) is 0 Å². The molecule has 0 N–H and O–H groups in total. The van der Waals surface area contributed by atoms with Gasteiger partial charge in [-0.3, -0.25) is 9.63 Å². The summed E-state index contributed by atoms with van der Waals surface area (Å²) in [6.07, 6.45) is 2.45. The van der Waals surface area contributed by atoms with Crippen LogP contribution in [-0.4, -0.2) is 44.0 Å². The second kappa shape index (κ2) is 9.58. The Morgan fingerprint density at radius 3 is 2.32 bits per heavy atom. The van der Waals surface area contributed by atoms with Crippen molar-refractivity contribution >= 4 is 11.9 Å². The molecule has 0 bridgehead atoms. The molecule has 0 saturated carbocycles. The van der Waals surface area contributed by atoms with E-state index in [1.807, 2.05) is 6.92 Å². The Hall–Kier alpha value is -1.40. The molecule has 128 valence electrons. The summed E-state index contributed by atoms with van der Waals surface area (Å²) in [5.41, 5.74) is 1.43. The third-order valence-corrected chi connectivity index (χ3v) is 3.13. The molecule has 0 heterocycles. The van der Waals surface area contributed by atoms with Crippen LogP contribution in [0.5, 0.6) is 0 Å². The van der Waals surface area contributed by atoms with Gasteiger partial charge in [0.1, 0.15) is 0 Å². The average molecular weight is 315 g/mol. The summed E-state index contributed by atoms with van der Waals surface area (Å²) >= 11 is 0. The molecule has 0 aromatic carbocycles. The lowest BCUT2D eigenvalue weighted by Gasteiger charge is -2.27. The molecule has 6 nitrogen and oxygen atoms in total. The quantitative estimate of drug-likeness (QED) is 0.588. The van der Waals surface area contributed by atoms with Gasteiger partial charge < -0.3 is 9.47 Å². The number of amides is 1. The first-order valence-electron chi connectivity index (χ1n) is 7.40. The van der Waals surface area contributed by atoms with Crippen LogP contribution in [-0.2, 0) is 19.1 Å². The van der Waals surface area contributed by atoms with E-state index in [4.69, 9.17) is 14.3 Å². The van der Waals surface area contributed by atoms with E-state index in [1.165, 1.54) is 19.8 Å². The van der Waals surface area contributed by atoms with Crippen molar-refractivity contribution in [2.75, 3.05) is 20.8 Å². The Balaban J connectivity index is 0.000000406. The Bertz CT molecular complexity index is 399. The highest BCUT2D eigenvalue weighted by molar-refractivity contribution is 5.91. The lowest BCUT2D eigenvalue weighted by atomic mass is 9.77. The second-order valence-electron chi connectivity index (χ2n) is 6.04. The van der Waals surface area contributed by atoms with Crippen LogP contribution in [0.1, 0.15) is 47.5 Å². The van der Waals surface area contributed by atoms with Crippen LogP contribution in [0.3, 0.4) is 0 Å². The maximum Gasteiger partial charge on any atom is 0.436 e. The van der Waals surface area contributed by atoms with Crippen molar-refractivity contribution in [2.24, 2.45) is 5.41 Å². The standard InChI is InChI=1S/C9H14O.C7H15NO4/c1-7-4-8(10)6-9(2,3)5-7;1-5-8(11-4)7(9)12-6(2)10-3/h4H,5-6H2,1-3H3;6H,5H2,1-4H3. The smallest absolute Gasteiger partial charge is 0.418 e. The molecule has 0 aromatic heterocycles. The molecular formula is C16H29NO5. The van der Waals surface area contributed by atoms with Gasteiger partial charge >= 0.3 is 6.09 Å². The number of carbonyl (C=O) groups excluding carboxylic acids is 2. The molecule has 0 aromatic rings. The zero-order valence-electron chi connectivity index (χ0n) is 14.8. The van der Waals surface area contributed by atoms with Gasteiger partial charge in [-0.2, -0.15) is 5.06 Å². The van der Waals surface area contributed by atoms with Crippen molar-refractivity contribution in [2.45, 2.75) is 53.8 Å². The van der Waals surface area contributed by atoms with Crippen LogP contribution in [0, 0.1) is 5.41 Å². The van der Waals surface area contributed by atoms with Gasteiger partial charge in [0, 0.05) is 20.1 Å². The lowest BCUT2D eigenvalue weighted by molar-refractivity contribution is -0.143. The fraction of sp³-hybridized carbons (Fsp3) is 0.750. The zero-order valence-corrected chi connectivity index (χ0v) is 14.8. The van der Waals surface area contributed by atoms with Gasteiger partial charge in [0.05, 0.1) is 7.11 Å². The molecular weight excluding hydrogens is 286 g/mol. The highest BCUT2D eigenvalue weighted by Crippen LogP contribution is 2.32. The number of methoxy groups -OCH3 is 1. The average Bonchev–Trinajstić information content (AvgIpc) is 2.37. The van der Waals surface area contributed by atoms with Gasteiger partial charge in [-0.1, -0.05) is 19.4 Å². The molecule has 0 aliphatic heterocycles. The third kappa shape index (κ3) is 8.14. The highest BCUT2D eigenvalue weighted by atomic mass is 16.8. The minimum absolute atomic E-state index is 0.204. The van der Waals surface area contributed by atoms with E-state index in [-0.39, 0.29) is 11.2 Å². The monoisotopic (exact) mass is 315 g/mol. The van der Waals surface area contributed by atoms with Crippen molar-refractivity contribution in [3.8, 4) is 0 Å². The van der Waals surface area contributed by atoms with Crippen molar-refractivity contribution in [3.05, 3.63) is 11.6 Å². The Kier molecular flexibility index (Phi) is 8.97. The fourth-order valence-corrected chi connectivity index (χ4v) is 2.25. The van der Waals surface area contributed by atoms with E-state index in [0.717, 1.165) is 11.5 Å². The van der Waals surface area contributed by atoms with Crippen LogP contribution in [0.15, 0.2) is 11.6 Å². The van der Waals surface area contributed by atoms with Crippen LogP contribution in [0.2, 0.25) is 0 Å². The summed E-state index contributed by atoms with van der Waals surface area (Å²) in [4.78, 5) is 26.8. The molecule has 0 fully saturated rings. The topological polar surface area (TPSA) is 65.1 Å². The maximum absolute atomic E-state index is 11.1. The number of hydrogen-bond acceptors (Lipinski definition) is 5. The number of ketones is 1. The third-order valence-electron chi connectivity index (χ3n) is 3.13. The number of carbonyl (C=O) groups is 2. The van der Waals surface area contributed by atoms with Crippen molar-refractivity contribution in [3.63, 3.8) is 0 Å². The molecule has 1 atom stereocenters. The van der Waals surface area contributed by atoms with Gasteiger partial charge in [-0.25, -0.2) is 4.79 Å². The lowest BCUT2D eigenvalue weighted by Crippen LogP contribution is -2.33. The second-order valence-corrected chi connectivity index (χ2v) is 6.04. The Morgan fingerprint density at radius 2 is 1.95 bits per heavy atom. The molecule has 0 radical (unpaired) electrons. The number of ether oxygens (including phenoxy) is 2. The number of hydrogen-bond donors (Lipinski definition) is 0. The molecule has 1 rings (SSSR count). The minimum Gasteiger partial charge on any atom is -0.418 e. The molecule has 1 unspecified atom stereocenters. The van der Waals surface area contributed by atoms with E-state index in [0.29, 0.717) is 13.0 Å². The van der Waals surface area contributed by atoms with E-state index in [9.17, 15) is 9.59 Å². The predicted molar refractivity (Wildman–Crippen MR) is 84.1 cm³/mol. The molecule has 1 aliphatic carbocycles. The Labute approximate surface area is 133 Å². The van der Waals surface area contributed by atoms with E-state index >= 15 is 0 Å². The van der Waals surface area contributed by atoms with Gasteiger partial charge in [0.2, 0.25) is 6.29 Å². The molecule has 1 aliphatic rings. The van der Waals surface area contributed by atoms with Gasteiger partial charge in [0.15, 0.2) is 5.78 Å². The van der Waals surface area contributed by atoms with Crippen molar-refractivity contribution in [1.29, 1.82) is 0 Å². The summed E-state index contributed by atoms with van der Waals surface area (Å²) < 4.78 is 9.52. The van der Waals surface area contributed by atoms with Crippen molar-refractivity contribution < 1.29 is 23.9 Å². The fourth-order valence-electron chi connectivity index (χ4n) is 2.25. The van der Waals surface area contributed by atoms with E-state index in [2.05, 4.69) is 13.8 Å². The van der Waals surface area contributed by atoms with E-state index in [1.54, 1.807) is 19.9 Å². The number of rotatable bonds is 4. The molecule has 6 heteroatoms. The number of allylic oxidation sites excluding steroid dienone is 2. The van der Waals surface area contributed by atoms with Gasteiger partial charge in [-0.15, -0.1) is 0 Å². The normalized spacial score (nSPS) is 17.8. The van der Waals surface area contributed by atoms with Crippen LogP contribution >= 0.6 is 0 Å². The molecule has 0 spiro atoms. The molecule has 22 heavy (non-hydrogen) atoms. The minimum atomic E-state index is -0.554. The molecule has 1 amide bonds. The first kappa shape index (κ1) is 20.6. The van der Waals surface area contributed by atoms with Crippen LogP contribution in [0.25, 0.3) is 0 Å². The summed E-state index contributed by atoms with van der Waals surface area (Å²) in [5, 5.41) is 1.09. The first-order valence-corrected chi connectivity index (χ1v) is 7.40. The van der Waals surface area contributed by atoms with Gasteiger partial charge in [-0.05, 0) is 38.7 Å². The summed E-state index contributed by atoms with van der Waals surface area (Å²) in [5.74, 6) is 0.286. The maximum atomic E-state index is 11.1. The number of nitrogens with zero attached hydrogens (tertiary/aromatic N) is 1. The summed E-state index contributed by atoms with van der Waals surface area (Å²) in [6, 6.07) is 0. The zero-order chi connectivity index (χ0) is 17.3. The Morgan fingerprint density at radius 1 is 1.36 bits per heavy atom. The summed E-state index contributed by atoms with van der Waals surface area (Å²) in [6.45, 7) is 10.1. The highest BCUT2D eigenvalue weighted by Gasteiger charge is 2.25. The van der Waals surface area contributed by atoms with Crippen LogP contribution < -0.4 is 0 Å². The SMILES string of the molecule is CC1=CC(=O)CC(C)(C)C1.CCN(OC)C(=O)OC(C)OC. The van der Waals surface area contributed by atoms with Crippen LogP contribution in [0.4, 0.5) is 4.79 Å². The largest absolute Gasteiger partial charge is 0.436 e. The van der Waals surface area contributed by atoms with E-state index < -0.39 is 12.4 Å².